The standard InChI is InChI=1S/C21H26FN3O2S/c1-2-18-8-9-19(28-18)14-23-20(26)15-24-10-3-11-25(13-12-24)21(27)16-4-6-17(22)7-5-16/h4-9H,2-3,10-15H2,1H3,(H,23,26). The number of hydrogen-bond donors (Lipinski definition) is 1. The quantitative estimate of drug-likeness (QED) is 0.807. The van der Waals surface area contributed by atoms with Gasteiger partial charge >= 0.3 is 0 Å². The van der Waals surface area contributed by atoms with Crippen LogP contribution in [0.4, 0.5) is 4.39 Å². The van der Waals surface area contributed by atoms with Crippen molar-refractivity contribution in [3.63, 3.8) is 0 Å². The monoisotopic (exact) mass is 403 g/mol. The summed E-state index contributed by atoms with van der Waals surface area (Å²) in [7, 11) is 0. The zero-order valence-electron chi connectivity index (χ0n) is 16.1. The Balaban J connectivity index is 1.45. The number of aryl methyl sites for hydroxylation is 1. The number of carbonyl (C=O) groups is 2. The Hall–Kier alpha value is -2.25. The summed E-state index contributed by atoms with van der Waals surface area (Å²) in [6, 6.07) is 9.81. The van der Waals surface area contributed by atoms with Crippen molar-refractivity contribution in [1.82, 2.24) is 15.1 Å². The van der Waals surface area contributed by atoms with E-state index in [2.05, 4.69) is 29.3 Å². The number of halogens is 1. The van der Waals surface area contributed by atoms with Crippen molar-refractivity contribution >= 4 is 23.2 Å². The van der Waals surface area contributed by atoms with E-state index >= 15 is 0 Å². The Labute approximate surface area is 169 Å². The molecule has 0 spiro atoms. The van der Waals surface area contributed by atoms with Gasteiger partial charge in [-0.2, -0.15) is 0 Å². The summed E-state index contributed by atoms with van der Waals surface area (Å²) in [4.78, 5) is 31.2. The highest BCUT2D eigenvalue weighted by Gasteiger charge is 2.21. The van der Waals surface area contributed by atoms with Crippen LogP contribution >= 0.6 is 11.3 Å². The maximum atomic E-state index is 13.1. The third-order valence-electron chi connectivity index (χ3n) is 4.86. The normalized spacial score (nSPS) is 15.3. The van der Waals surface area contributed by atoms with Crippen LogP contribution in [0.5, 0.6) is 0 Å². The SMILES string of the molecule is CCc1ccc(CNC(=O)CN2CCCN(C(=O)c3ccc(F)cc3)CC2)s1. The molecule has 1 N–H and O–H groups in total. The molecule has 0 saturated carbocycles. The Morgan fingerprint density at radius 3 is 2.50 bits per heavy atom. The first-order valence-corrected chi connectivity index (χ1v) is 10.5. The molecule has 28 heavy (non-hydrogen) atoms. The molecule has 5 nitrogen and oxygen atoms in total. The van der Waals surface area contributed by atoms with Gasteiger partial charge in [-0.05, 0) is 49.2 Å². The number of thiophene rings is 1. The minimum Gasteiger partial charge on any atom is -0.350 e. The molecule has 2 heterocycles. The van der Waals surface area contributed by atoms with E-state index in [0.717, 1.165) is 24.3 Å². The molecule has 1 saturated heterocycles. The van der Waals surface area contributed by atoms with Crippen molar-refractivity contribution in [1.29, 1.82) is 0 Å². The van der Waals surface area contributed by atoms with Gasteiger partial charge in [0.05, 0.1) is 13.1 Å². The van der Waals surface area contributed by atoms with Crippen LogP contribution < -0.4 is 5.32 Å². The number of benzene rings is 1. The van der Waals surface area contributed by atoms with E-state index in [4.69, 9.17) is 0 Å². The summed E-state index contributed by atoms with van der Waals surface area (Å²) in [5.41, 5.74) is 0.495. The number of hydrogen-bond acceptors (Lipinski definition) is 4. The van der Waals surface area contributed by atoms with E-state index in [1.54, 1.807) is 16.2 Å². The van der Waals surface area contributed by atoms with E-state index in [0.29, 0.717) is 38.3 Å². The van der Waals surface area contributed by atoms with E-state index in [-0.39, 0.29) is 17.6 Å². The fourth-order valence-corrected chi connectivity index (χ4v) is 4.16. The highest BCUT2D eigenvalue weighted by Crippen LogP contribution is 2.16. The Morgan fingerprint density at radius 1 is 1.04 bits per heavy atom. The van der Waals surface area contributed by atoms with Crippen LogP contribution in [0.3, 0.4) is 0 Å². The molecule has 1 aromatic carbocycles. The number of nitrogens with one attached hydrogen (secondary N) is 1. The van der Waals surface area contributed by atoms with Crippen LogP contribution in [-0.4, -0.2) is 54.3 Å². The van der Waals surface area contributed by atoms with E-state index < -0.39 is 0 Å². The Morgan fingerprint density at radius 2 is 1.79 bits per heavy atom. The Kier molecular flexibility index (Phi) is 7.17. The summed E-state index contributed by atoms with van der Waals surface area (Å²) >= 11 is 1.73. The number of rotatable bonds is 6. The second kappa shape index (κ2) is 9.80. The smallest absolute Gasteiger partial charge is 0.253 e. The average molecular weight is 404 g/mol. The van der Waals surface area contributed by atoms with Crippen LogP contribution in [0.15, 0.2) is 36.4 Å². The van der Waals surface area contributed by atoms with Crippen molar-refractivity contribution in [2.24, 2.45) is 0 Å². The lowest BCUT2D eigenvalue weighted by Crippen LogP contribution is -2.39. The third kappa shape index (κ3) is 5.62. The van der Waals surface area contributed by atoms with Crippen LogP contribution in [0.25, 0.3) is 0 Å². The van der Waals surface area contributed by atoms with Gasteiger partial charge in [-0.3, -0.25) is 14.5 Å². The molecule has 0 aliphatic carbocycles. The second-order valence-electron chi connectivity index (χ2n) is 6.93. The highest BCUT2D eigenvalue weighted by atomic mass is 32.1. The lowest BCUT2D eigenvalue weighted by Gasteiger charge is -2.21. The maximum Gasteiger partial charge on any atom is 0.253 e. The second-order valence-corrected chi connectivity index (χ2v) is 8.18. The molecule has 0 bridgehead atoms. The maximum absolute atomic E-state index is 13.1. The zero-order chi connectivity index (χ0) is 19.9. The van der Waals surface area contributed by atoms with Crippen LogP contribution in [0, 0.1) is 5.82 Å². The van der Waals surface area contributed by atoms with Gasteiger partial charge in [0.2, 0.25) is 5.91 Å². The molecule has 2 aromatic rings. The highest BCUT2D eigenvalue weighted by molar-refractivity contribution is 7.11. The lowest BCUT2D eigenvalue weighted by molar-refractivity contribution is -0.122. The van der Waals surface area contributed by atoms with Gasteiger partial charge in [0.25, 0.3) is 5.91 Å². The van der Waals surface area contributed by atoms with Crippen molar-refractivity contribution in [3.8, 4) is 0 Å². The fraction of sp³-hybridized carbons (Fsp3) is 0.429. The van der Waals surface area contributed by atoms with Gasteiger partial charge in [0, 0.05) is 41.5 Å². The molecule has 150 valence electrons. The number of carbonyl (C=O) groups excluding carboxylic acids is 2. The number of nitrogens with zero attached hydrogens (tertiary/aromatic N) is 2. The molecule has 2 amide bonds. The summed E-state index contributed by atoms with van der Waals surface area (Å²) < 4.78 is 13.1. The van der Waals surface area contributed by atoms with E-state index in [1.165, 1.54) is 29.1 Å². The summed E-state index contributed by atoms with van der Waals surface area (Å²) in [6.07, 6.45) is 1.82. The van der Waals surface area contributed by atoms with Gasteiger partial charge in [0.1, 0.15) is 5.82 Å². The van der Waals surface area contributed by atoms with Gasteiger partial charge < -0.3 is 10.2 Å². The van der Waals surface area contributed by atoms with Gasteiger partial charge in [-0.25, -0.2) is 4.39 Å². The first-order valence-electron chi connectivity index (χ1n) is 9.66. The topological polar surface area (TPSA) is 52.7 Å². The molecular weight excluding hydrogens is 377 g/mol. The van der Waals surface area contributed by atoms with Crippen molar-refractivity contribution < 1.29 is 14.0 Å². The predicted molar refractivity (Wildman–Crippen MR) is 109 cm³/mol. The van der Waals surface area contributed by atoms with Gasteiger partial charge in [-0.1, -0.05) is 6.92 Å². The molecule has 7 heteroatoms. The molecular formula is C21H26FN3O2S. The predicted octanol–water partition coefficient (Wildman–Crippen LogP) is 2.91. The van der Waals surface area contributed by atoms with E-state index in [1.807, 2.05) is 0 Å². The minimum atomic E-state index is -0.349. The molecule has 1 fully saturated rings. The third-order valence-corrected chi connectivity index (χ3v) is 6.09. The van der Waals surface area contributed by atoms with Crippen LogP contribution in [-0.2, 0) is 17.8 Å². The van der Waals surface area contributed by atoms with Crippen molar-refractivity contribution in [2.75, 3.05) is 32.7 Å². The molecule has 0 atom stereocenters. The summed E-state index contributed by atoms with van der Waals surface area (Å²) in [6.45, 7) is 5.66. The zero-order valence-corrected chi connectivity index (χ0v) is 16.9. The largest absolute Gasteiger partial charge is 0.350 e. The van der Waals surface area contributed by atoms with Crippen molar-refractivity contribution in [2.45, 2.75) is 26.3 Å². The fourth-order valence-electron chi connectivity index (χ4n) is 3.26. The molecule has 3 rings (SSSR count). The van der Waals surface area contributed by atoms with Crippen LogP contribution in [0.1, 0.15) is 33.5 Å². The van der Waals surface area contributed by atoms with Gasteiger partial charge in [-0.15, -0.1) is 11.3 Å². The average Bonchev–Trinajstić information content (AvgIpc) is 3.04. The molecule has 0 unspecified atom stereocenters. The van der Waals surface area contributed by atoms with Gasteiger partial charge in [0.15, 0.2) is 0 Å². The lowest BCUT2D eigenvalue weighted by atomic mass is 10.2. The summed E-state index contributed by atoms with van der Waals surface area (Å²) in [5.74, 6) is -0.432. The molecule has 1 aliphatic rings. The minimum absolute atomic E-state index is 0.00441. The van der Waals surface area contributed by atoms with Crippen LogP contribution in [0.2, 0.25) is 0 Å². The molecule has 1 aromatic heterocycles. The number of amides is 2. The summed E-state index contributed by atoms with van der Waals surface area (Å²) in [5, 5.41) is 2.98. The van der Waals surface area contributed by atoms with E-state index in [9.17, 15) is 14.0 Å². The van der Waals surface area contributed by atoms with Crippen molar-refractivity contribution in [3.05, 3.63) is 57.5 Å². The first kappa shape index (κ1) is 20.5. The Bertz CT molecular complexity index is 806. The molecule has 0 radical (unpaired) electrons. The first-order chi connectivity index (χ1) is 13.5. The molecule has 1 aliphatic heterocycles.